The Kier molecular flexibility index (Phi) is 6.81. The average Bonchev–Trinajstić information content (AvgIpc) is 3.30. The minimum atomic E-state index is -0.828. The van der Waals surface area contributed by atoms with E-state index in [2.05, 4.69) is 5.10 Å². The van der Waals surface area contributed by atoms with Crippen LogP contribution in [0.3, 0.4) is 0 Å². The van der Waals surface area contributed by atoms with Crippen LogP contribution < -0.4 is 0 Å². The molecule has 1 fully saturated rings. The van der Waals surface area contributed by atoms with Gasteiger partial charge in [0, 0.05) is 5.92 Å². The summed E-state index contributed by atoms with van der Waals surface area (Å²) >= 11 is 0. The number of phenols is 1. The van der Waals surface area contributed by atoms with Gasteiger partial charge in [0.2, 0.25) is 0 Å². The molecular formula is C29H24F2N2O4. The first-order valence-electron chi connectivity index (χ1n) is 12.0. The van der Waals surface area contributed by atoms with Crippen molar-refractivity contribution in [3.8, 4) is 5.75 Å². The van der Waals surface area contributed by atoms with E-state index in [1.807, 2.05) is 6.08 Å². The zero-order chi connectivity index (χ0) is 25.9. The lowest BCUT2D eigenvalue weighted by molar-refractivity contribution is -0.137. The van der Waals surface area contributed by atoms with E-state index in [1.165, 1.54) is 41.4 Å². The van der Waals surface area contributed by atoms with E-state index >= 15 is 0 Å². The van der Waals surface area contributed by atoms with Crippen molar-refractivity contribution in [3.05, 3.63) is 107 Å². The van der Waals surface area contributed by atoms with Crippen molar-refractivity contribution in [2.75, 3.05) is 6.61 Å². The summed E-state index contributed by atoms with van der Waals surface area (Å²) in [6.45, 7) is -0.578. The molecule has 2 aliphatic rings. The number of amides is 1. The minimum absolute atomic E-state index is 0.0451. The molecule has 188 valence electrons. The first-order valence-corrected chi connectivity index (χ1v) is 12.0. The molecule has 0 saturated heterocycles. The van der Waals surface area contributed by atoms with Gasteiger partial charge >= 0.3 is 5.97 Å². The SMILES string of the molecule is O=C(OCC(=O)N1N=C2/C(=C\c3ccc(F)cc3)CCC[C@@H]2[C@@H]1c1ccc(F)cc1)c1ccccc1O. The Morgan fingerprint density at radius 2 is 1.68 bits per heavy atom. The van der Waals surface area contributed by atoms with E-state index in [-0.39, 0.29) is 23.0 Å². The van der Waals surface area contributed by atoms with E-state index in [0.717, 1.165) is 36.1 Å². The fourth-order valence-corrected chi connectivity index (χ4v) is 4.88. The molecule has 0 bridgehead atoms. The van der Waals surface area contributed by atoms with Crippen LogP contribution in [0.4, 0.5) is 8.78 Å². The predicted molar refractivity (Wildman–Crippen MR) is 134 cm³/mol. The molecular weight excluding hydrogens is 478 g/mol. The fraction of sp³-hybridized carbons (Fsp3) is 0.207. The van der Waals surface area contributed by atoms with Crippen molar-refractivity contribution in [1.82, 2.24) is 5.01 Å². The zero-order valence-corrected chi connectivity index (χ0v) is 19.8. The fourth-order valence-electron chi connectivity index (χ4n) is 4.88. The van der Waals surface area contributed by atoms with Crippen molar-refractivity contribution in [3.63, 3.8) is 0 Å². The lowest BCUT2D eigenvalue weighted by Crippen LogP contribution is -2.34. The molecule has 1 N–H and O–H groups in total. The van der Waals surface area contributed by atoms with Gasteiger partial charge in [-0.25, -0.2) is 18.6 Å². The summed E-state index contributed by atoms with van der Waals surface area (Å²) in [6.07, 6.45) is 4.31. The highest BCUT2D eigenvalue weighted by Gasteiger charge is 2.43. The molecule has 1 heterocycles. The van der Waals surface area contributed by atoms with Gasteiger partial charge in [0.05, 0.1) is 11.8 Å². The number of esters is 1. The minimum Gasteiger partial charge on any atom is -0.507 e. The number of ether oxygens (including phenoxy) is 1. The molecule has 0 radical (unpaired) electrons. The van der Waals surface area contributed by atoms with Gasteiger partial charge < -0.3 is 9.84 Å². The van der Waals surface area contributed by atoms with Gasteiger partial charge in [0.25, 0.3) is 5.91 Å². The molecule has 1 aliphatic heterocycles. The number of para-hydroxylation sites is 1. The van der Waals surface area contributed by atoms with E-state index in [9.17, 15) is 23.5 Å². The van der Waals surface area contributed by atoms with Crippen LogP contribution in [0, 0.1) is 17.6 Å². The molecule has 1 amide bonds. The third-order valence-electron chi connectivity index (χ3n) is 6.63. The lowest BCUT2D eigenvalue weighted by atomic mass is 9.77. The molecule has 8 heteroatoms. The van der Waals surface area contributed by atoms with Gasteiger partial charge in [-0.15, -0.1) is 0 Å². The molecule has 2 atom stereocenters. The maximum atomic E-state index is 13.7. The standard InChI is InChI=1S/C29H24F2N2O4/c30-21-12-8-18(9-13-21)16-20-4-3-6-24-27(20)32-33(28(24)19-10-14-22(31)15-11-19)26(35)17-37-29(36)23-5-1-2-7-25(23)34/h1-2,5,7-16,24,28,34H,3-4,6,17H2/b20-16-/t24-,28-/m0/s1. The van der Waals surface area contributed by atoms with Crippen LogP contribution in [0.25, 0.3) is 6.08 Å². The number of carbonyl (C=O) groups is 2. The number of hydrogen-bond acceptors (Lipinski definition) is 5. The number of rotatable bonds is 5. The third kappa shape index (κ3) is 5.14. The molecule has 37 heavy (non-hydrogen) atoms. The molecule has 0 unspecified atom stereocenters. The first-order chi connectivity index (χ1) is 17.9. The van der Waals surface area contributed by atoms with Crippen LogP contribution in [0.1, 0.15) is 46.8 Å². The maximum absolute atomic E-state index is 13.7. The Labute approximate surface area is 212 Å². The van der Waals surface area contributed by atoms with Gasteiger partial charge in [0.1, 0.15) is 22.9 Å². The number of carbonyl (C=O) groups excluding carboxylic acids is 2. The summed E-state index contributed by atoms with van der Waals surface area (Å²) in [4.78, 5) is 25.7. The van der Waals surface area contributed by atoms with Gasteiger partial charge in [-0.05, 0) is 78.4 Å². The lowest BCUT2D eigenvalue weighted by Gasteiger charge is -2.29. The van der Waals surface area contributed by atoms with E-state index in [1.54, 1.807) is 36.4 Å². The number of benzene rings is 3. The first kappa shape index (κ1) is 24.4. The Balaban J connectivity index is 1.44. The highest BCUT2D eigenvalue weighted by atomic mass is 19.1. The topological polar surface area (TPSA) is 79.2 Å². The molecule has 5 rings (SSSR count). The molecule has 6 nitrogen and oxygen atoms in total. The van der Waals surface area contributed by atoms with Crippen molar-refractivity contribution < 1.29 is 28.2 Å². The van der Waals surface area contributed by atoms with Gasteiger partial charge in [-0.2, -0.15) is 5.10 Å². The van der Waals surface area contributed by atoms with Gasteiger partial charge in [-0.1, -0.05) is 36.4 Å². The second kappa shape index (κ2) is 10.3. The molecule has 1 aliphatic carbocycles. The Morgan fingerprint density at radius 3 is 2.38 bits per heavy atom. The van der Waals surface area contributed by atoms with Crippen molar-refractivity contribution in [2.24, 2.45) is 11.0 Å². The molecule has 3 aromatic carbocycles. The highest BCUT2D eigenvalue weighted by molar-refractivity contribution is 6.08. The summed E-state index contributed by atoms with van der Waals surface area (Å²) in [5, 5.41) is 15.9. The van der Waals surface area contributed by atoms with E-state index in [0.29, 0.717) is 5.56 Å². The normalized spacial score (nSPS) is 19.9. The van der Waals surface area contributed by atoms with Crippen LogP contribution in [0.15, 0.2) is 83.5 Å². The number of hydrazone groups is 1. The maximum Gasteiger partial charge on any atom is 0.342 e. The summed E-state index contributed by atoms with van der Waals surface area (Å²) in [5.41, 5.74) is 3.17. The van der Waals surface area contributed by atoms with Crippen LogP contribution in [0.2, 0.25) is 0 Å². The number of allylic oxidation sites excluding steroid dienone is 1. The highest BCUT2D eigenvalue weighted by Crippen LogP contribution is 2.44. The number of phenolic OH excluding ortho intramolecular Hbond substituents is 1. The molecule has 1 saturated carbocycles. The Morgan fingerprint density at radius 1 is 1.00 bits per heavy atom. The Hall–Kier alpha value is -4.33. The second-order valence-electron chi connectivity index (χ2n) is 9.03. The monoisotopic (exact) mass is 502 g/mol. The molecule has 0 aromatic heterocycles. The second-order valence-corrected chi connectivity index (χ2v) is 9.03. The number of fused-ring (bicyclic) bond motifs is 1. The van der Waals surface area contributed by atoms with E-state index in [4.69, 9.17) is 4.74 Å². The largest absolute Gasteiger partial charge is 0.507 e. The van der Waals surface area contributed by atoms with Crippen LogP contribution in [-0.4, -0.2) is 34.3 Å². The third-order valence-corrected chi connectivity index (χ3v) is 6.63. The average molecular weight is 503 g/mol. The zero-order valence-electron chi connectivity index (χ0n) is 19.8. The van der Waals surface area contributed by atoms with Crippen LogP contribution >= 0.6 is 0 Å². The van der Waals surface area contributed by atoms with Crippen molar-refractivity contribution in [2.45, 2.75) is 25.3 Å². The molecule has 0 spiro atoms. The number of halogens is 2. The predicted octanol–water partition coefficient (Wildman–Crippen LogP) is 5.65. The Bertz CT molecular complexity index is 1380. The van der Waals surface area contributed by atoms with Gasteiger partial charge in [-0.3, -0.25) is 4.79 Å². The summed E-state index contributed by atoms with van der Waals surface area (Å²) in [6, 6.07) is 17.5. The number of hydrogen-bond donors (Lipinski definition) is 1. The summed E-state index contributed by atoms with van der Waals surface area (Å²) in [5.74, 6) is -2.46. The quantitative estimate of drug-likeness (QED) is 0.458. The number of aromatic hydroxyl groups is 1. The smallest absolute Gasteiger partial charge is 0.342 e. The van der Waals surface area contributed by atoms with Crippen LogP contribution in [-0.2, 0) is 9.53 Å². The number of nitrogens with zero attached hydrogens (tertiary/aromatic N) is 2. The summed E-state index contributed by atoms with van der Waals surface area (Å²) < 4.78 is 32.3. The summed E-state index contributed by atoms with van der Waals surface area (Å²) in [7, 11) is 0. The van der Waals surface area contributed by atoms with Crippen molar-refractivity contribution in [1.29, 1.82) is 0 Å². The van der Waals surface area contributed by atoms with Crippen molar-refractivity contribution >= 4 is 23.7 Å². The molecule has 3 aromatic rings. The van der Waals surface area contributed by atoms with Gasteiger partial charge in [0.15, 0.2) is 6.61 Å². The van der Waals surface area contributed by atoms with Crippen LogP contribution in [0.5, 0.6) is 5.75 Å². The van der Waals surface area contributed by atoms with E-state index < -0.39 is 30.3 Å².